The second-order valence-electron chi connectivity index (χ2n) is 7.23. The monoisotopic (exact) mass is 398 g/mol. The van der Waals surface area contributed by atoms with Gasteiger partial charge in [0, 0.05) is 6.04 Å². The quantitative estimate of drug-likeness (QED) is 0.708. The van der Waals surface area contributed by atoms with Crippen LogP contribution in [-0.4, -0.2) is 23.2 Å². The molecule has 28 heavy (non-hydrogen) atoms. The van der Waals surface area contributed by atoms with Gasteiger partial charge in [0.15, 0.2) is 0 Å². The number of hydrogen-bond acceptors (Lipinski definition) is 4. The van der Waals surface area contributed by atoms with Crippen molar-refractivity contribution in [2.75, 3.05) is 0 Å². The zero-order valence-corrected chi connectivity index (χ0v) is 17.9. The van der Waals surface area contributed by atoms with Crippen LogP contribution >= 0.6 is 0 Å². The third-order valence-electron chi connectivity index (χ3n) is 5.61. The minimum Gasteiger partial charge on any atom is -0.223 e. The van der Waals surface area contributed by atoms with Crippen LogP contribution in [0.15, 0.2) is 41.8 Å². The number of aromatic nitrogens is 3. The molecule has 0 saturated heterocycles. The Labute approximate surface area is 166 Å². The molecule has 7 heteroatoms. The van der Waals surface area contributed by atoms with E-state index in [9.17, 15) is 8.42 Å². The lowest BCUT2D eigenvalue weighted by atomic mass is 9.95. The lowest BCUT2D eigenvalue weighted by Crippen LogP contribution is -2.28. The second kappa shape index (κ2) is 7.48. The van der Waals surface area contributed by atoms with Crippen molar-refractivity contribution in [3.63, 3.8) is 0 Å². The Bertz CT molecular complexity index is 1070. The lowest BCUT2D eigenvalue weighted by molar-refractivity contribution is 0.565. The normalized spacial score (nSPS) is 12.9. The molecule has 1 N–H and O–H groups in total. The van der Waals surface area contributed by atoms with E-state index >= 15 is 0 Å². The van der Waals surface area contributed by atoms with Crippen LogP contribution in [0.2, 0.25) is 0 Å². The summed E-state index contributed by atoms with van der Waals surface area (Å²) in [5.41, 5.74) is 6.55. The maximum Gasteiger partial charge on any atom is 0.241 e. The predicted octanol–water partition coefficient (Wildman–Crippen LogP) is 3.85. The first-order chi connectivity index (χ1) is 13.1. The summed E-state index contributed by atoms with van der Waals surface area (Å²) < 4.78 is 30.9. The van der Waals surface area contributed by atoms with Crippen molar-refractivity contribution in [3.8, 4) is 5.69 Å². The Hall–Kier alpha value is -2.51. The molecule has 0 amide bonds. The molecule has 1 atom stereocenters. The number of nitrogens with one attached hydrogen (secondary N) is 1. The molecule has 0 saturated carbocycles. The molecule has 0 spiro atoms. The minimum atomic E-state index is -3.66. The first-order valence-corrected chi connectivity index (χ1v) is 10.7. The summed E-state index contributed by atoms with van der Waals surface area (Å²) in [6, 6.07) is 7.22. The Morgan fingerprint density at radius 3 is 1.93 bits per heavy atom. The molecule has 0 unspecified atom stereocenters. The number of sulfonamides is 1. The maximum absolute atomic E-state index is 13.2. The van der Waals surface area contributed by atoms with Crippen LogP contribution in [0.3, 0.4) is 0 Å². The summed E-state index contributed by atoms with van der Waals surface area (Å²) in [5, 5.41) is 4.10. The first kappa shape index (κ1) is 20.2. The van der Waals surface area contributed by atoms with Crippen LogP contribution in [-0.2, 0) is 10.0 Å². The Kier molecular flexibility index (Phi) is 5.41. The van der Waals surface area contributed by atoms with Crippen molar-refractivity contribution in [1.29, 1.82) is 0 Å². The van der Waals surface area contributed by atoms with Gasteiger partial charge in [0.1, 0.15) is 12.7 Å². The first-order valence-electron chi connectivity index (χ1n) is 9.17. The van der Waals surface area contributed by atoms with E-state index in [1.165, 1.54) is 6.33 Å². The van der Waals surface area contributed by atoms with Gasteiger partial charge >= 0.3 is 0 Å². The van der Waals surface area contributed by atoms with E-state index in [1.54, 1.807) is 11.0 Å². The van der Waals surface area contributed by atoms with Crippen LogP contribution < -0.4 is 4.72 Å². The summed E-state index contributed by atoms with van der Waals surface area (Å²) >= 11 is 0. The molecule has 2 aromatic carbocycles. The van der Waals surface area contributed by atoms with Crippen molar-refractivity contribution in [1.82, 2.24) is 19.5 Å². The largest absolute Gasteiger partial charge is 0.241 e. The van der Waals surface area contributed by atoms with E-state index in [0.717, 1.165) is 39.1 Å². The van der Waals surface area contributed by atoms with Gasteiger partial charge in [0.2, 0.25) is 10.0 Å². The Morgan fingerprint density at radius 1 is 0.893 bits per heavy atom. The van der Waals surface area contributed by atoms with Crippen LogP contribution in [0, 0.1) is 34.6 Å². The van der Waals surface area contributed by atoms with E-state index in [4.69, 9.17) is 0 Å². The highest BCUT2D eigenvalue weighted by Crippen LogP contribution is 2.30. The van der Waals surface area contributed by atoms with Gasteiger partial charge in [-0.2, -0.15) is 5.10 Å². The molecule has 3 rings (SSSR count). The number of benzene rings is 2. The highest BCUT2D eigenvalue weighted by Gasteiger charge is 2.25. The molecule has 1 aromatic heterocycles. The molecule has 0 aliphatic carbocycles. The summed E-state index contributed by atoms with van der Waals surface area (Å²) in [6.45, 7) is 11.6. The van der Waals surface area contributed by atoms with Gasteiger partial charge in [0.25, 0.3) is 0 Å². The highest BCUT2D eigenvalue weighted by atomic mass is 32.2. The fraction of sp³-hybridized carbons (Fsp3) is 0.333. The average molecular weight is 399 g/mol. The molecule has 3 aromatic rings. The smallest absolute Gasteiger partial charge is 0.223 e. The third kappa shape index (κ3) is 3.59. The van der Waals surface area contributed by atoms with Crippen molar-refractivity contribution in [3.05, 3.63) is 70.3 Å². The molecule has 1 heterocycles. The standard InChI is InChI=1S/C21H26N4O2S/c1-13-14(2)16(4)21(17(5)15(13)3)28(26,27)24-18(6)19-7-9-20(10-8-19)25-12-22-11-23-25/h7-12,18,24H,1-6H3/t18-/m0/s1. The second-order valence-corrected chi connectivity index (χ2v) is 8.88. The van der Waals surface area contributed by atoms with Gasteiger partial charge in [-0.05, 0) is 87.1 Å². The van der Waals surface area contributed by atoms with Crippen LogP contribution in [0.25, 0.3) is 5.69 Å². The van der Waals surface area contributed by atoms with Crippen molar-refractivity contribution < 1.29 is 8.42 Å². The molecular weight excluding hydrogens is 372 g/mol. The van der Waals surface area contributed by atoms with Gasteiger partial charge < -0.3 is 0 Å². The summed E-state index contributed by atoms with van der Waals surface area (Å²) in [4.78, 5) is 4.32. The molecular formula is C21H26N4O2S. The number of hydrogen-bond donors (Lipinski definition) is 1. The number of rotatable bonds is 5. The fourth-order valence-corrected chi connectivity index (χ4v) is 5.32. The molecule has 6 nitrogen and oxygen atoms in total. The minimum absolute atomic E-state index is 0.365. The Morgan fingerprint density at radius 2 is 1.43 bits per heavy atom. The van der Waals surface area contributed by atoms with Crippen molar-refractivity contribution in [2.45, 2.75) is 52.5 Å². The SMILES string of the molecule is Cc1c(C)c(C)c(S(=O)(=O)N[C@@H](C)c2ccc(-n3cncn3)cc2)c(C)c1C. The third-order valence-corrected chi connectivity index (χ3v) is 7.42. The van der Waals surface area contributed by atoms with Gasteiger partial charge in [-0.25, -0.2) is 22.8 Å². The van der Waals surface area contributed by atoms with E-state index in [2.05, 4.69) is 14.8 Å². The number of nitrogens with zero attached hydrogens (tertiary/aromatic N) is 3. The molecule has 0 radical (unpaired) electrons. The van der Waals surface area contributed by atoms with Crippen molar-refractivity contribution >= 4 is 10.0 Å². The summed E-state index contributed by atoms with van der Waals surface area (Å²) in [7, 11) is -3.66. The van der Waals surface area contributed by atoms with Gasteiger partial charge in [-0.1, -0.05) is 12.1 Å². The molecule has 0 bridgehead atoms. The zero-order valence-electron chi connectivity index (χ0n) is 17.1. The summed E-state index contributed by atoms with van der Waals surface area (Å²) in [6.07, 6.45) is 3.09. The average Bonchev–Trinajstić information content (AvgIpc) is 3.19. The van der Waals surface area contributed by atoms with E-state index in [-0.39, 0.29) is 6.04 Å². The van der Waals surface area contributed by atoms with E-state index in [1.807, 2.05) is 65.8 Å². The van der Waals surface area contributed by atoms with Crippen LogP contribution in [0.4, 0.5) is 0 Å². The Balaban J connectivity index is 1.91. The molecule has 148 valence electrons. The van der Waals surface area contributed by atoms with E-state index < -0.39 is 10.0 Å². The lowest BCUT2D eigenvalue weighted by Gasteiger charge is -2.21. The zero-order chi connectivity index (χ0) is 20.6. The van der Waals surface area contributed by atoms with Crippen LogP contribution in [0.1, 0.15) is 46.3 Å². The maximum atomic E-state index is 13.2. The molecule has 0 fully saturated rings. The molecule has 0 aliphatic rings. The topological polar surface area (TPSA) is 76.9 Å². The van der Waals surface area contributed by atoms with Crippen LogP contribution in [0.5, 0.6) is 0 Å². The van der Waals surface area contributed by atoms with Gasteiger partial charge in [-0.3, -0.25) is 0 Å². The molecule has 0 aliphatic heterocycles. The van der Waals surface area contributed by atoms with E-state index in [0.29, 0.717) is 4.90 Å². The fourth-order valence-electron chi connectivity index (χ4n) is 3.49. The summed E-state index contributed by atoms with van der Waals surface area (Å²) in [5.74, 6) is 0. The highest BCUT2D eigenvalue weighted by molar-refractivity contribution is 7.89. The van der Waals surface area contributed by atoms with Crippen molar-refractivity contribution in [2.24, 2.45) is 0 Å². The van der Waals surface area contributed by atoms with Gasteiger partial charge in [-0.15, -0.1) is 0 Å². The van der Waals surface area contributed by atoms with Gasteiger partial charge in [0.05, 0.1) is 10.6 Å². The predicted molar refractivity (Wildman–Crippen MR) is 110 cm³/mol.